The summed E-state index contributed by atoms with van der Waals surface area (Å²) in [6, 6.07) is 8.42. The first-order valence-electron chi connectivity index (χ1n) is 8.91. The van der Waals surface area contributed by atoms with Crippen molar-refractivity contribution in [3.8, 4) is 0 Å². The molecule has 0 spiro atoms. The quantitative estimate of drug-likeness (QED) is 0.907. The molecule has 1 aliphatic heterocycles. The normalized spacial score (nSPS) is 17.6. The maximum absolute atomic E-state index is 12.2. The van der Waals surface area contributed by atoms with Crippen molar-refractivity contribution < 1.29 is 4.79 Å². The van der Waals surface area contributed by atoms with E-state index in [4.69, 9.17) is 4.98 Å². The van der Waals surface area contributed by atoms with Gasteiger partial charge < -0.3 is 5.32 Å². The van der Waals surface area contributed by atoms with Crippen molar-refractivity contribution in [2.24, 2.45) is 0 Å². The minimum atomic E-state index is -0.00893. The highest BCUT2D eigenvalue weighted by Crippen LogP contribution is 2.29. The van der Waals surface area contributed by atoms with Gasteiger partial charge >= 0.3 is 0 Å². The molecule has 2 aromatic rings. The summed E-state index contributed by atoms with van der Waals surface area (Å²) in [6.07, 6.45) is 5.29. The van der Waals surface area contributed by atoms with Gasteiger partial charge in [0.15, 0.2) is 0 Å². The van der Waals surface area contributed by atoms with Crippen molar-refractivity contribution in [3.05, 3.63) is 53.0 Å². The predicted molar refractivity (Wildman–Crippen MR) is 99.5 cm³/mol. The second kappa shape index (κ2) is 7.74. The van der Waals surface area contributed by atoms with Crippen LogP contribution in [0, 0.1) is 13.8 Å². The summed E-state index contributed by atoms with van der Waals surface area (Å²) in [4.78, 5) is 23.5. The second-order valence-electron chi connectivity index (χ2n) is 6.95. The minimum absolute atomic E-state index is 0.00893. The van der Waals surface area contributed by atoms with E-state index < -0.39 is 0 Å². The van der Waals surface area contributed by atoms with Crippen LogP contribution in [0.5, 0.6) is 0 Å². The van der Waals surface area contributed by atoms with Crippen LogP contribution in [-0.4, -0.2) is 34.4 Å². The molecule has 1 fully saturated rings. The molecule has 1 saturated heterocycles. The molecule has 1 unspecified atom stereocenters. The standard InChI is InChI=1S/C20H26N4O/c1-14-6-8-19(21-13-14)23-20(25)9-7-16-11-15(2)22-17(12-16)18-5-4-10-24(18)3/h6,8,11-13,18H,4-5,7,9-10H2,1-3H3,(H,21,23,25). The third-order valence-corrected chi connectivity index (χ3v) is 4.71. The number of nitrogens with one attached hydrogen (secondary N) is 1. The maximum atomic E-state index is 12.2. The third kappa shape index (κ3) is 4.63. The average Bonchev–Trinajstić information content (AvgIpc) is 3.01. The summed E-state index contributed by atoms with van der Waals surface area (Å²) in [5.74, 6) is 0.597. The van der Waals surface area contributed by atoms with Crippen molar-refractivity contribution >= 4 is 11.7 Å². The number of hydrogen-bond donors (Lipinski definition) is 1. The Kier molecular flexibility index (Phi) is 5.43. The summed E-state index contributed by atoms with van der Waals surface area (Å²) in [5, 5.41) is 2.86. The van der Waals surface area contributed by atoms with Gasteiger partial charge in [-0.15, -0.1) is 0 Å². The zero-order valence-electron chi connectivity index (χ0n) is 15.2. The molecule has 0 aliphatic carbocycles. The van der Waals surface area contributed by atoms with E-state index in [0.29, 0.717) is 24.7 Å². The van der Waals surface area contributed by atoms with E-state index in [2.05, 4.69) is 34.4 Å². The number of carbonyl (C=O) groups excluding carboxylic acids is 1. The molecule has 2 aromatic heterocycles. The largest absolute Gasteiger partial charge is 0.311 e. The van der Waals surface area contributed by atoms with E-state index in [1.54, 1.807) is 6.20 Å². The fourth-order valence-corrected chi connectivity index (χ4v) is 3.37. The zero-order chi connectivity index (χ0) is 17.8. The summed E-state index contributed by atoms with van der Waals surface area (Å²) in [5.41, 5.74) is 4.41. The Bertz CT molecular complexity index is 742. The molecule has 5 heteroatoms. The predicted octanol–water partition coefficient (Wildman–Crippen LogP) is 3.43. The number of anilines is 1. The van der Waals surface area contributed by atoms with E-state index in [9.17, 15) is 4.79 Å². The number of likely N-dealkylation sites (tertiary alicyclic amines) is 1. The van der Waals surface area contributed by atoms with Gasteiger partial charge in [-0.1, -0.05) is 6.07 Å². The van der Waals surface area contributed by atoms with Crippen molar-refractivity contribution in [1.29, 1.82) is 0 Å². The summed E-state index contributed by atoms with van der Waals surface area (Å²) < 4.78 is 0. The van der Waals surface area contributed by atoms with Gasteiger partial charge in [0.05, 0.1) is 11.7 Å². The van der Waals surface area contributed by atoms with Gasteiger partial charge in [-0.05, 0) is 76.0 Å². The Morgan fingerprint density at radius 2 is 2.16 bits per heavy atom. The van der Waals surface area contributed by atoms with E-state index >= 15 is 0 Å². The van der Waals surface area contributed by atoms with Gasteiger partial charge in [0.1, 0.15) is 5.82 Å². The van der Waals surface area contributed by atoms with Crippen LogP contribution in [0.2, 0.25) is 0 Å². The molecule has 5 nitrogen and oxygen atoms in total. The molecular weight excluding hydrogens is 312 g/mol. The Labute approximate surface area is 149 Å². The van der Waals surface area contributed by atoms with Crippen LogP contribution in [0.15, 0.2) is 30.5 Å². The van der Waals surface area contributed by atoms with Gasteiger partial charge in [0.25, 0.3) is 0 Å². The van der Waals surface area contributed by atoms with Crippen LogP contribution in [0.4, 0.5) is 5.82 Å². The molecule has 1 amide bonds. The summed E-state index contributed by atoms with van der Waals surface area (Å²) in [7, 11) is 2.16. The smallest absolute Gasteiger partial charge is 0.225 e. The lowest BCUT2D eigenvalue weighted by Gasteiger charge is -2.20. The topological polar surface area (TPSA) is 58.1 Å². The molecule has 1 aliphatic rings. The van der Waals surface area contributed by atoms with Gasteiger partial charge in [-0.25, -0.2) is 4.98 Å². The molecular formula is C20H26N4O. The highest BCUT2D eigenvalue weighted by atomic mass is 16.1. The van der Waals surface area contributed by atoms with Gasteiger partial charge in [0.2, 0.25) is 5.91 Å². The Balaban J connectivity index is 1.61. The molecule has 3 heterocycles. The molecule has 0 bridgehead atoms. The van der Waals surface area contributed by atoms with Crippen LogP contribution in [-0.2, 0) is 11.2 Å². The maximum Gasteiger partial charge on any atom is 0.225 e. The number of aromatic nitrogens is 2. The lowest BCUT2D eigenvalue weighted by Crippen LogP contribution is -2.19. The minimum Gasteiger partial charge on any atom is -0.311 e. The Morgan fingerprint density at radius 3 is 2.84 bits per heavy atom. The second-order valence-corrected chi connectivity index (χ2v) is 6.95. The van der Waals surface area contributed by atoms with E-state index in [1.165, 1.54) is 12.0 Å². The van der Waals surface area contributed by atoms with E-state index in [0.717, 1.165) is 29.9 Å². The molecule has 0 aromatic carbocycles. The number of pyridine rings is 2. The van der Waals surface area contributed by atoms with Crippen LogP contribution in [0.25, 0.3) is 0 Å². The fourth-order valence-electron chi connectivity index (χ4n) is 3.37. The first kappa shape index (κ1) is 17.5. The van der Waals surface area contributed by atoms with Gasteiger partial charge in [-0.3, -0.25) is 14.7 Å². The van der Waals surface area contributed by atoms with Gasteiger partial charge in [0, 0.05) is 18.3 Å². The first-order chi connectivity index (χ1) is 12.0. The van der Waals surface area contributed by atoms with Crippen molar-refractivity contribution in [1.82, 2.24) is 14.9 Å². The molecule has 3 rings (SSSR count). The molecule has 1 atom stereocenters. The third-order valence-electron chi connectivity index (χ3n) is 4.71. The molecule has 1 N–H and O–H groups in total. The SMILES string of the molecule is Cc1ccc(NC(=O)CCc2cc(C)nc(C3CCCN3C)c2)nc1. The van der Waals surface area contributed by atoms with Crippen LogP contribution >= 0.6 is 0 Å². The van der Waals surface area contributed by atoms with Crippen LogP contribution < -0.4 is 5.32 Å². The fraction of sp³-hybridized carbons (Fsp3) is 0.450. The number of nitrogens with zero attached hydrogens (tertiary/aromatic N) is 3. The zero-order valence-corrected chi connectivity index (χ0v) is 15.2. The van der Waals surface area contributed by atoms with Crippen molar-refractivity contribution in [2.75, 3.05) is 18.9 Å². The highest BCUT2D eigenvalue weighted by Gasteiger charge is 2.24. The number of hydrogen-bond acceptors (Lipinski definition) is 4. The van der Waals surface area contributed by atoms with Crippen LogP contribution in [0.3, 0.4) is 0 Å². The van der Waals surface area contributed by atoms with E-state index in [-0.39, 0.29) is 5.91 Å². The lowest BCUT2D eigenvalue weighted by atomic mass is 10.0. The summed E-state index contributed by atoms with van der Waals surface area (Å²) >= 11 is 0. The first-order valence-corrected chi connectivity index (χ1v) is 8.91. The molecule has 25 heavy (non-hydrogen) atoms. The Hall–Kier alpha value is -2.27. The summed E-state index contributed by atoms with van der Waals surface area (Å²) in [6.45, 7) is 5.13. The number of amides is 1. The van der Waals surface area contributed by atoms with E-state index in [1.807, 2.05) is 26.0 Å². The molecule has 132 valence electrons. The number of aryl methyl sites for hydroxylation is 3. The monoisotopic (exact) mass is 338 g/mol. The molecule has 0 radical (unpaired) electrons. The molecule has 0 saturated carbocycles. The number of carbonyl (C=O) groups is 1. The van der Waals surface area contributed by atoms with Crippen molar-refractivity contribution in [2.45, 2.75) is 45.6 Å². The van der Waals surface area contributed by atoms with Crippen molar-refractivity contribution in [3.63, 3.8) is 0 Å². The highest BCUT2D eigenvalue weighted by molar-refractivity contribution is 5.89. The average molecular weight is 338 g/mol. The number of rotatable bonds is 5. The van der Waals surface area contributed by atoms with Gasteiger partial charge in [-0.2, -0.15) is 0 Å². The van der Waals surface area contributed by atoms with Crippen LogP contribution in [0.1, 0.15) is 47.8 Å². The Morgan fingerprint density at radius 1 is 1.32 bits per heavy atom. The lowest BCUT2D eigenvalue weighted by molar-refractivity contribution is -0.116.